The monoisotopic (exact) mass is 197 g/mol. The van der Waals surface area contributed by atoms with E-state index in [2.05, 4.69) is 4.84 Å². The van der Waals surface area contributed by atoms with Crippen molar-refractivity contribution in [2.45, 2.75) is 12.8 Å². The molecule has 3 nitrogen and oxygen atoms in total. The first-order valence-electron chi connectivity index (χ1n) is 4.57. The van der Waals surface area contributed by atoms with Gasteiger partial charge in [0.2, 0.25) is 0 Å². The fourth-order valence-electron chi connectivity index (χ4n) is 1.69. The summed E-state index contributed by atoms with van der Waals surface area (Å²) in [5.74, 6) is 5.34. The van der Waals surface area contributed by atoms with Crippen molar-refractivity contribution in [1.29, 1.82) is 0 Å². The molecule has 2 N–H and O–H groups in total. The largest absolute Gasteiger partial charge is 0.493 e. The molecule has 0 aromatic heterocycles. The van der Waals surface area contributed by atoms with E-state index in [1.807, 2.05) is 0 Å². The highest BCUT2D eigenvalue weighted by atomic mass is 19.1. The van der Waals surface area contributed by atoms with Gasteiger partial charge in [0.15, 0.2) is 0 Å². The van der Waals surface area contributed by atoms with Gasteiger partial charge in [-0.15, -0.1) is 0 Å². The van der Waals surface area contributed by atoms with Crippen LogP contribution in [0.3, 0.4) is 0 Å². The van der Waals surface area contributed by atoms with Crippen LogP contribution >= 0.6 is 0 Å². The predicted molar refractivity (Wildman–Crippen MR) is 49.4 cm³/mol. The van der Waals surface area contributed by atoms with Crippen molar-refractivity contribution in [2.75, 3.05) is 13.2 Å². The Morgan fingerprint density at radius 2 is 2.36 bits per heavy atom. The van der Waals surface area contributed by atoms with Crippen molar-refractivity contribution in [3.05, 3.63) is 29.1 Å². The van der Waals surface area contributed by atoms with Gasteiger partial charge in [-0.1, -0.05) is 6.07 Å². The Labute approximate surface area is 81.6 Å². The molecule has 0 radical (unpaired) electrons. The number of fused-ring (bicyclic) bond motifs is 1. The maximum atomic E-state index is 13.4. The molecule has 1 aromatic rings. The summed E-state index contributed by atoms with van der Waals surface area (Å²) in [5.41, 5.74) is 1.64. The molecule has 0 saturated carbocycles. The maximum absolute atomic E-state index is 13.4. The van der Waals surface area contributed by atoms with E-state index in [1.54, 1.807) is 6.07 Å². The highest BCUT2D eigenvalue weighted by molar-refractivity contribution is 5.44. The van der Waals surface area contributed by atoms with Crippen molar-refractivity contribution in [3.8, 4) is 5.75 Å². The molecule has 0 saturated heterocycles. The Bertz CT molecular complexity index is 341. The fourth-order valence-corrected chi connectivity index (χ4v) is 1.69. The molecule has 14 heavy (non-hydrogen) atoms. The van der Waals surface area contributed by atoms with E-state index in [-0.39, 0.29) is 5.82 Å². The Morgan fingerprint density at radius 1 is 1.50 bits per heavy atom. The summed E-state index contributed by atoms with van der Waals surface area (Å²) >= 11 is 0. The molecule has 0 amide bonds. The van der Waals surface area contributed by atoms with Crippen LogP contribution in [0.5, 0.6) is 5.75 Å². The normalized spacial score (nSPS) is 13.9. The summed E-state index contributed by atoms with van der Waals surface area (Å²) in [5, 5.41) is 0. The molecule has 0 atom stereocenters. The van der Waals surface area contributed by atoms with Gasteiger partial charge in [-0.3, -0.25) is 0 Å². The van der Waals surface area contributed by atoms with Gasteiger partial charge in [0, 0.05) is 18.4 Å². The lowest BCUT2D eigenvalue weighted by atomic mass is 10.1. The highest BCUT2D eigenvalue weighted by Gasteiger charge is 2.19. The molecule has 0 fully saturated rings. The number of rotatable bonds is 3. The van der Waals surface area contributed by atoms with Crippen LogP contribution in [0.1, 0.15) is 11.1 Å². The first kappa shape index (κ1) is 9.43. The smallest absolute Gasteiger partial charge is 0.130 e. The molecule has 4 heteroatoms. The van der Waals surface area contributed by atoms with Crippen molar-refractivity contribution in [1.82, 2.24) is 0 Å². The SMILES string of the molecule is NOCCc1c(F)ccc2c1OCC2. The van der Waals surface area contributed by atoms with Crippen molar-refractivity contribution in [3.63, 3.8) is 0 Å². The summed E-state index contributed by atoms with van der Waals surface area (Å²) in [4.78, 5) is 4.44. The van der Waals surface area contributed by atoms with Crippen LogP contribution < -0.4 is 10.6 Å². The number of nitrogens with two attached hydrogens (primary N) is 1. The second-order valence-corrected chi connectivity index (χ2v) is 3.23. The van der Waals surface area contributed by atoms with Crippen LogP contribution in [0.4, 0.5) is 4.39 Å². The van der Waals surface area contributed by atoms with Crippen LogP contribution in [0, 0.1) is 5.82 Å². The van der Waals surface area contributed by atoms with E-state index in [9.17, 15) is 4.39 Å². The van der Waals surface area contributed by atoms with E-state index in [0.717, 1.165) is 12.0 Å². The van der Waals surface area contributed by atoms with Crippen LogP contribution in [0.25, 0.3) is 0 Å². The third-order valence-corrected chi connectivity index (χ3v) is 2.37. The second-order valence-electron chi connectivity index (χ2n) is 3.23. The minimum absolute atomic E-state index is 0.247. The Balaban J connectivity index is 2.31. The zero-order valence-corrected chi connectivity index (χ0v) is 7.75. The Hall–Kier alpha value is -1.13. The van der Waals surface area contributed by atoms with Gasteiger partial charge >= 0.3 is 0 Å². The molecule has 1 heterocycles. The second kappa shape index (κ2) is 3.94. The van der Waals surface area contributed by atoms with E-state index >= 15 is 0 Å². The molecule has 2 rings (SSSR count). The minimum Gasteiger partial charge on any atom is -0.493 e. The average molecular weight is 197 g/mol. The molecular formula is C10H12FNO2. The predicted octanol–water partition coefficient (Wildman–Crippen LogP) is 1.19. The number of hydrogen-bond acceptors (Lipinski definition) is 3. The van der Waals surface area contributed by atoms with E-state index < -0.39 is 0 Å². The first-order valence-corrected chi connectivity index (χ1v) is 4.57. The average Bonchev–Trinajstić information content (AvgIpc) is 2.64. The maximum Gasteiger partial charge on any atom is 0.130 e. The third-order valence-electron chi connectivity index (χ3n) is 2.37. The standard InChI is InChI=1S/C10H12FNO2/c11-9-2-1-7-3-5-13-10(7)8(9)4-6-14-12/h1-2H,3-6,12H2. The van der Waals surface area contributed by atoms with E-state index in [4.69, 9.17) is 10.6 Å². The molecule has 0 unspecified atom stereocenters. The van der Waals surface area contributed by atoms with Crippen molar-refractivity contribution >= 4 is 0 Å². The molecule has 1 aliphatic rings. The molecule has 0 aliphatic carbocycles. The van der Waals surface area contributed by atoms with Crippen LogP contribution in [-0.2, 0) is 17.7 Å². The number of hydrogen-bond donors (Lipinski definition) is 1. The van der Waals surface area contributed by atoms with E-state index in [0.29, 0.717) is 30.9 Å². The molecule has 1 aromatic carbocycles. The summed E-state index contributed by atoms with van der Waals surface area (Å²) in [7, 11) is 0. The third kappa shape index (κ3) is 1.58. The molecule has 1 aliphatic heterocycles. The number of benzene rings is 1. The van der Waals surface area contributed by atoms with E-state index in [1.165, 1.54) is 6.07 Å². The Morgan fingerprint density at radius 3 is 3.14 bits per heavy atom. The molecule has 0 spiro atoms. The fraction of sp³-hybridized carbons (Fsp3) is 0.400. The lowest BCUT2D eigenvalue weighted by molar-refractivity contribution is 0.140. The lowest BCUT2D eigenvalue weighted by Crippen LogP contribution is -2.06. The molecular weight excluding hydrogens is 185 g/mol. The van der Waals surface area contributed by atoms with Crippen molar-refractivity contribution < 1.29 is 14.0 Å². The van der Waals surface area contributed by atoms with Crippen molar-refractivity contribution in [2.24, 2.45) is 5.90 Å². The number of ether oxygens (including phenoxy) is 1. The van der Waals surface area contributed by atoms with Gasteiger partial charge in [0.25, 0.3) is 0 Å². The van der Waals surface area contributed by atoms with Gasteiger partial charge in [-0.2, -0.15) is 0 Å². The lowest BCUT2D eigenvalue weighted by Gasteiger charge is -2.08. The first-order chi connectivity index (χ1) is 6.83. The van der Waals surface area contributed by atoms with Gasteiger partial charge in [-0.25, -0.2) is 10.3 Å². The van der Waals surface area contributed by atoms with Crippen LogP contribution in [-0.4, -0.2) is 13.2 Å². The molecule has 0 bridgehead atoms. The number of halogens is 1. The quantitative estimate of drug-likeness (QED) is 0.740. The summed E-state index contributed by atoms with van der Waals surface area (Å²) in [6.07, 6.45) is 1.30. The topological polar surface area (TPSA) is 44.5 Å². The highest BCUT2D eigenvalue weighted by Crippen LogP contribution is 2.31. The molecule has 76 valence electrons. The minimum atomic E-state index is -0.247. The summed E-state index contributed by atoms with van der Waals surface area (Å²) in [6.45, 7) is 0.937. The zero-order valence-electron chi connectivity index (χ0n) is 7.75. The zero-order chi connectivity index (χ0) is 9.97. The summed E-state index contributed by atoms with van der Waals surface area (Å²) in [6, 6.07) is 3.24. The van der Waals surface area contributed by atoms with Gasteiger partial charge in [0.05, 0.1) is 13.2 Å². The van der Waals surface area contributed by atoms with Gasteiger partial charge in [-0.05, 0) is 11.6 Å². The van der Waals surface area contributed by atoms with Crippen LogP contribution in [0.2, 0.25) is 0 Å². The van der Waals surface area contributed by atoms with Gasteiger partial charge < -0.3 is 9.57 Å². The summed E-state index contributed by atoms with van der Waals surface area (Å²) < 4.78 is 18.8. The Kier molecular flexibility index (Phi) is 2.65. The van der Waals surface area contributed by atoms with Gasteiger partial charge in [0.1, 0.15) is 11.6 Å². The van der Waals surface area contributed by atoms with Crippen LogP contribution in [0.15, 0.2) is 12.1 Å².